The van der Waals surface area contributed by atoms with Gasteiger partial charge >= 0.3 is 0 Å². The molecule has 2 rings (SSSR count). The first-order valence-corrected chi connectivity index (χ1v) is 6.05. The Hall–Kier alpha value is -1.94. The second-order valence-corrected chi connectivity index (χ2v) is 4.53. The highest BCUT2D eigenvalue weighted by Crippen LogP contribution is 2.17. The van der Waals surface area contributed by atoms with E-state index in [0.717, 1.165) is 17.1 Å². The number of benzene rings is 1. The summed E-state index contributed by atoms with van der Waals surface area (Å²) in [4.78, 5) is 0. The van der Waals surface area contributed by atoms with Crippen molar-refractivity contribution in [1.29, 1.82) is 0 Å². The lowest BCUT2D eigenvalue weighted by atomic mass is 10.1. The Labute approximate surface area is 107 Å². The summed E-state index contributed by atoms with van der Waals surface area (Å²) in [5.74, 6) is 0.753. The van der Waals surface area contributed by atoms with Crippen LogP contribution in [0.1, 0.15) is 12.5 Å². The monoisotopic (exact) mass is 242 g/mol. The van der Waals surface area contributed by atoms with Crippen LogP contribution in [0.2, 0.25) is 0 Å². The maximum absolute atomic E-state index is 5.66. The summed E-state index contributed by atoms with van der Waals surface area (Å²) >= 11 is 0. The fraction of sp³-hybridized carbons (Fsp3) is 0.286. The van der Waals surface area contributed by atoms with Crippen LogP contribution in [0.4, 0.5) is 5.82 Å². The van der Waals surface area contributed by atoms with Crippen LogP contribution in [-0.2, 0) is 0 Å². The predicted octanol–water partition coefficient (Wildman–Crippen LogP) is 2.21. The molecule has 3 N–H and O–H groups in total. The van der Waals surface area contributed by atoms with E-state index >= 15 is 0 Å². The number of nitrogens with two attached hydrogens (primary N) is 1. The molecule has 0 aliphatic carbocycles. The van der Waals surface area contributed by atoms with E-state index in [9.17, 15) is 0 Å². The van der Waals surface area contributed by atoms with Gasteiger partial charge in [-0.25, -0.2) is 0 Å². The van der Waals surface area contributed by atoms with Gasteiger partial charge in [0.25, 0.3) is 0 Å². The quantitative estimate of drug-likeness (QED) is 0.862. The average molecular weight is 242 g/mol. The molecule has 18 heavy (non-hydrogen) atoms. The molecular formula is C14H18N4. The van der Waals surface area contributed by atoms with E-state index in [-0.39, 0.29) is 6.04 Å². The Balaban J connectivity index is 2.09. The molecule has 0 saturated carbocycles. The maximum atomic E-state index is 5.66. The van der Waals surface area contributed by atoms with Gasteiger partial charge in [-0.15, -0.1) is 10.2 Å². The lowest BCUT2D eigenvalue weighted by Gasteiger charge is -2.08. The molecule has 0 aliphatic rings. The Morgan fingerprint density at radius 1 is 1.11 bits per heavy atom. The van der Waals surface area contributed by atoms with Crippen molar-refractivity contribution in [3.8, 4) is 11.3 Å². The Kier molecular flexibility index (Phi) is 3.89. The number of hydrogen-bond donors (Lipinski definition) is 2. The third-order valence-electron chi connectivity index (χ3n) is 2.62. The number of rotatable bonds is 4. The smallest absolute Gasteiger partial charge is 0.148 e. The third kappa shape index (κ3) is 3.28. The summed E-state index contributed by atoms with van der Waals surface area (Å²) < 4.78 is 0. The summed E-state index contributed by atoms with van der Waals surface area (Å²) in [5.41, 5.74) is 8.85. The van der Waals surface area contributed by atoms with Crippen molar-refractivity contribution in [2.24, 2.45) is 5.73 Å². The Morgan fingerprint density at radius 3 is 2.39 bits per heavy atom. The molecule has 1 atom stereocenters. The molecule has 2 aromatic rings. The van der Waals surface area contributed by atoms with Crippen LogP contribution >= 0.6 is 0 Å². The average Bonchev–Trinajstić information content (AvgIpc) is 2.38. The number of anilines is 1. The normalized spacial score (nSPS) is 12.2. The van der Waals surface area contributed by atoms with Gasteiger partial charge in [0.2, 0.25) is 0 Å². The van der Waals surface area contributed by atoms with E-state index in [1.165, 1.54) is 5.56 Å². The van der Waals surface area contributed by atoms with Crippen molar-refractivity contribution in [3.05, 3.63) is 42.0 Å². The number of nitrogens with one attached hydrogen (secondary N) is 1. The SMILES string of the molecule is Cc1ccc(-c2ccc(NCC(C)N)nn2)cc1. The van der Waals surface area contributed by atoms with Crippen molar-refractivity contribution < 1.29 is 0 Å². The Morgan fingerprint density at radius 2 is 1.83 bits per heavy atom. The van der Waals surface area contributed by atoms with E-state index in [1.54, 1.807) is 0 Å². The van der Waals surface area contributed by atoms with Gasteiger partial charge in [-0.05, 0) is 26.0 Å². The summed E-state index contributed by atoms with van der Waals surface area (Å²) in [6.45, 7) is 4.70. The summed E-state index contributed by atoms with van der Waals surface area (Å²) in [6.07, 6.45) is 0. The molecule has 0 aliphatic heterocycles. The van der Waals surface area contributed by atoms with Crippen molar-refractivity contribution in [3.63, 3.8) is 0 Å². The van der Waals surface area contributed by atoms with E-state index in [0.29, 0.717) is 6.54 Å². The summed E-state index contributed by atoms with van der Waals surface area (Å²) in [6, 6.07) is 12.2. The highest BCUT2D eigenvalue weighted by molar-refractivity contribution is 5.59. The molecule has 94 valence electrons. The second kappa shape index (κ2) is 5.60. The van der Waals surface area contributed by atoms with Gasteiger partial charge in [-0.3, -0.25) is 0 Å². The molecule has 1 heterocycles. The molecule has 4 nitrogen and oxygen atoms in total. The Bertz CT molecular complexity index is 488. The molecule has 1 unspecified atom stereocenters. The molecule has 1 aromatic heterocycles. The summed E-state index contributed by atoms with van der Waals surface area (Å²) in [5, 5.41) is 11.5. The van der Waals surface area contributed by atoms with Crippen molar-refractivity contribution in [1.82, 2.24) is 10.2 Å². The van der Waals surface area contributed by atoms with E-state index < -0.39 is 0 Å². The van der Waals surface area contributed by atoms with Crippen LogP contribution in [0.5, 0.6) is 0 Å². The van der Waals surface area contributed by atoms with Crippen LogP contribution in [-0.4, -0.2) is 22.8 Å². The van der Waals surface area contributed by atoms with Crippen LogP contribution in [0.15, 0.2) is 36.4 Å². The first-order chi connectivity index (χ1) is 8.65. The number of aryl methyl sites for hydroxylation is 1. The predicted molar refractivity (Wildman–Crippen MR) is 74.3 cm³/mol. The molecule has 0 spiro atoms. The zero-order valence-corrected chi connectivity index (χ0v) is 10.7. The van der Waals surface area contributed by atoms with Crippen LogP contribution in [0.25, 0.3) is 11.3 Å². The van der Waals surface area contributed by atoms with E-state index in [1.807, 2.05) is 19.1 Å². The second-order valence-electron chi connectivity index (χ2n) is 4.53. The molecule has 0 bridgehead atoms. The lowest BCUT2D eigenvalue weighted by molar-refractivity contribution is 0.775. The number of nitrogens with zero attached hydrogens (tertiary/aromatic N) is 2. The minimum absolute atomic E-state index is 0.101. The topological polar surface area (TPSA) is 63.8 Å². The van der Waals surface area contributed by atoms with Crippen LogP contribution < -0.4 is 11.1 Å². The first-order valence-electron chi connectivity index (χ1n) is 6.05. The number of aromatic nitrogens is 2. The minimum atomic E-state index is 0.101. The molecule has 0 radical (unpaired) electrons. The van der Waals surface area contributed by atoms with Gasteiger partial charge in [0, 0.05) is 18.2 Å². The van der Waals surface area contributed by atoms with Gasteiger partial charge in [-0.1, -0.05) is 29.8 Å². The standard InChI is InChI=1S/C14H18N4/c1-10-3-5-12(6-4-10)13-7-8-14(18-17-13)16-9-11(2)15/h3-8,11H,9,15H2,1-2H3,(H,16,18). The maximum Gasteiger partial charge on any atom is 0.148 e. The zero-order chi connectivity index (χ0) is 13.0. The summed E-state index contributed by atoms with van der Waals surface area (Å²) in [7, 11) is 0. The molecule has 4 heteroatoms. The molecule has 0 fully saturated rings. The van der Waals surface area contributed by atoms with E-state index in [4.69, 9.17) is 5.73 Å². The molecular weight excluding hydrogens is 224 g/mol. The molecule has 0 saturated heterocycles. The van der Waals surface area contributed by atoms with E-state index in [2.05, 4.69) is 46.7 Å². The van der Waals surface area contributed by atoms with Crippen molar-refractivity contribution in [2.75, 3.05) is 11.9 Å². The molecule has 0 amide bonds. The van der Waals surface area contributed by atoms with Crippen LogP contribution in [0, 0.1) is 6.92 Å². The van der Waals surface area contributed by atoms with Gasteiger partial charge in [0.05, 0.1) is 5.69 Å². The van der Waals surface area contributed by atoms with Gasteiger partial charge in [0.1, 0.15) is 5.82 Å². The first kappa shape index (κ1) is 12.5. The van der Waals surface area contributed by atoms with Crippen molar-refractivity contribution >= 4 is 5.82 Å². The van der Waals surface area contributed by atoms with Gasteiger partial charge in [0.15, 0.2) is 0 Å². The number of hydrogen-bond acceptors (Lipinski definition) is 4. The zero-order valence-electron chi connectivity index (χ0n) is 10.7. The van der Waals surface area contributed by atoms with Gasteiger partial charge < -0.3 is 11.1 Å². The molecule has 1 aromatic carbocycles. The third-order valence-corrected chi connectivity index (χ3v) is 2.62. The largest absolute Gasteiger partial charge is 0.367 e. The van der Waals surface area contributed by atoms with Crippen molar-refractivity contribution in [2.45, 2.75) is 19.9 Å². The fourth-order valence-corrected chi connectivity index (χ4v) is 1.57. The lowest BCUT2D eigenvalue weighted by Crippen LogP contribution is -2.25. The fourth-order valence-electron chi connectivity index (χ4n) is 1.57. The highest BCUT2D eigenvalue weighted by Gasteiger charge is 2.01. The minimum Gasteiger partial charge on any atom is -0.367 e. The van der Waals surface area contributed by atoms with Crippen LogP contribution in [0.3, 0.4) is 0 Å². The highest BCUT2D eigenvalue weighted by atomic mass is 15.2. The van der Waals surface area contributed by atoms with Gasteiger partial charge in [-0.2, -0.15) is 0 Å².